The largest absolute Gasteiger partial charge is 0.399 e. The Morgan fingerprint density at radius 3 is 2.95 bits per heavy atom. The van der Waals surface area contributed by atoms with Crippen molar-refractivity contribution < 1.29 is 4.79 Å². The van der Waals surface area contributed by atoms with Crippen LogP contribution in [0.1, 0.15) is 34.0 Å². The van der Waals surface area contributed by atoms with Crippen molar-refractivity contribution in [3.05, 3.63) is 41.0 Å². The highest BCUT2D eigenvalue weighted by Gasteiger charge is 2.20. The van der Waals surface area contributed by atoms with E-state index in [0.29, 0.717) is 17.8 Å². The van der Waals surface area contributed by atoms with Gasteiger partial charge in [0.25, 0.3) is 5.91 Å². The molecule has 0 atom stereocenters. The van der Waals surface area contributed by atoms with E-state index in [1.54, 1.807) is 18.0 Å². The molecule has 0 bridgehead atoms. The predicted molar refractivity (Wildman–Crippen MR) is 79.7 cm³/mol. The van der Waals surface area contributed by atoms with Crippen LogP contribution in [0.3, 0.4) is 0 Å². The van der Waals surface area contributed by atoms with Gasteiger partial charge in [-0.15, -0.1) is 10.2 Å². The van der Waals surface area contributed by atoms with E-state index < -0.39 is 0 Å². The van der Waals surface area contributed by atoms with E-state index in [1.807, 2.05) is 19.1 Å². The Morgan fingerprint density at radius 2 is 2.19 bits per heavy atom. The summed E-state index contributed by atoms with van der Waals surface area (Å²) in [7, 11) is 1.78. The molecular formula is C15H19N5O. The molecule has 6 heteroatoms. The highest BCUT2D eigenvalue weighted by molar-refractivity contribution is 5.95. The molecule has 0 saturated carbocycles. The van der Waals surface area contributed by atoms with Crippen LogP contribution in [0.15, 0.2) is 18.2 Å². The number of fused-ring (bicyclic) bond motifs is 1. The van der Waals surface area contributed by atoms with E-state index in [2.05, 4.69) is 14.8 Å². The molecule has 0 aliphatic carbocycles. The number of nitrogens with zero attached hydrogens (tertiary/aromatic N) is 4. The molecule has 1 aromatic heterocycles. The molecule has 1 aliphatic rings. The molecule has 3 rings (SSSR count). The van der Waals surface area contributed by atoms with Gasteiger partial charge >= 0.3 is 0 Å². The zero-order chi connectivity index (χ0) is 15.0. The summed E-state index contributed by atoms with van der Waals surface area (Å²) in [5, 5.41) is 8.35. The number of nitrogen functional groups attached to an aromatic ring is 1. The quantitative estimate of drug-likeness (QED) is 0.864. The highest BCUT2D eigenvalue weighted by Crippen LogP contribution is 2.17. The molecular weight excluding hydrogens is 266 g/mol. The fraction of sp³-hybridized carbons (Fsp3) is 0.400. The van der Waals surface area contributed by atoms with E-state index in [9.17, 15) is 4.79 Å². The minimum Gasteiger partial charge on any atom is -0.399 e. The number of benzene rings is 1. The summed E-state index contributed by atoms with van der Waals surface area (Å²) in [6.45, 7) is 3.33. The summed E-state index contributed by atoms with van der Waals surface area (Å²) < 4.78 is 2.11. The van der Waals surface area contributed by atoms with Crippen molar-refractivity contribution in [2.45, 2.75) is 32.9 Å². The van der Waals surface area contributed by atoms with Gasteiger partial charge in [0.05, 0.1) is 6.54 Å². The Balaban J connectivity index is 1.78. The molecule has 0 saturated heterocycles. The molecule has 1 aromatic carbocycles. The van der Waals surface area contributed by atoms with Crippen LogP contribution < -0.4 is 5.73 Å². The van der Waals surface area contributed by atoms with Crippen molar-refractivity contribution in [1.29, 1.82) is 0 Å². The van der Waals surface area contributed by atoms with Gasteiger partial charge in [-0.25, -0.2) is 0 Å². The van der Waals surface area contributed by atoms with Gasteiger partial charge in [0.15, 0.2) is 5.82 Å². The van der Waals surface area contributed by atoms with Gasteiger partial charge in [-0.1, -0.05) is 0 Å². The average molecular weight is 285 g/mol. The number of anilines is 1. The van der Waals surface area contributed by atoms with Crippen LogP contribution in [0, 0.1) is 6.92 Å². The third-order valence-electron chi connectivity index (χ3n) is 3.76. The molecule has 6 nitrogen and oxygen atoms in total. The number of aryl methyl sites for hydroxylation is 2. The molecule has 0 unspecified atom stereocenters. The van der Waals surface area contributed by atoms with Gasteiger partial charge in [-0.2, -0.15) is 0 Å². The van der Waals surface area contributed by atoms with Crippen molar-refractivity contribution >= 4 is 11.6 Å². The lowest BCUT2D eigenvalue weighted by molar-refractivity contribution is 0.0780. The topological polar surface area (TPSA) is 77.0 Å². The summed E-state index contributed by atoms with van der Waals surface area (Å²) in [5.74, 6) is 1.81. The first-order valence-corrected chi connectivity index (χ1v) is 7.08. The minimum absolute atomic E-state index is 0.0549. The van der Waals surface area contributed by atoms with Crippen molar-refractivity contribution in [3.63, 3.8) is 0 Å². The zero-order valence-electron chi connectivity index (χ0n) is 12.3. The maximum atomic E-state index is 12.5. The first kappa shape index (κ1) is 13.6. The molecule has 110 valence electrons. The molecule has 0 spiro atoms. The summed E-state index contributed by atoms with van der Waals surface area (Å²) in [6, 6.07) is 5.41. The lowest BCUT2D eigenvalue weighted by atomic mass is 10.1. The first-order chi connectivity index (χ1) is 10.0. The second-order valence-corrected chi connectivity index (χ2v) is 5.58. The van der Waals surface area contributed by atoms with Crippen molar-refractivity contribution in [3.8, 4) is 0 Å². The molecule has 0 fully saturated rings. The fourth-order valence-electron chi connectivity index (χ4n) is 2.77. The van der Waals surface area contributed by atoms with E-state index in [1.165, 1.54) is 0 Å². The third-order valence-corrected chi connectivity index (χ3v) is 3.76. The molecule has 21 heavy (non-hydrogen) atoms. The number of carbonyl (C=O) groups is 1. The van der Waals surface area contributed by atoms with Crippen molar-refractivity contribution in [2.75, 3.05) is 12.8 Å². The number of nitrogens with two attached hydrogens (primary N) is 1. The van der Waals surface area contributed by atoms with E-state index in [-0.39, 0.29) is 5.91 Å². The van der Waals surface area contributed by atoms with Crippen molar-refractivity contribution in [1.82, 2.24) is 19.7 Å². The standard InChI is InChI=1S/C15H19N5O/c1-10-6-11(8-12(16)7-10)15(21)19(2)9-14-18-17-13-4-3-5-20(13)14/h6-8H,3-5,9,16H2,1-2H3. The van der Waals surface area contributed by atoms with E-state index >= 15 is 0 Å². The number of aromatic nitrogens is 3. The SMILES string of the molecule is Cc1cc(N)cc(C(=O)N(C)Cc2nnc3n2CCC3)c1. The lowest BCUT2D eigenvalue weighted by Crippen LogP contribution is -2.27. The van der Waals surface area contributed by atoms with Gasteiger partial charge < -0.3 is 15.2 Å². The van der Waals surface area contributed by atoms with Crippen LogP contribution in [0.4, 0.5) is 5.69 Å². The predicted octanol–water partition coefficient (Wildman–Crippen LogP) is 1.39. The fourth-order valence-corrected chi connectivity index (χ4v) is 2.77. The molecule has 2 N–H and O–H groups in total. The molecule has 2 heterocycles. The summed E-state index contributed by atoms with van der Waals surface area (Å²) in [5.41, 5.74) is 8.01. The van der Waals surface area contributed by atoms with Gasteiger partial charge in [0.1, 0.15) is 5.82 Å². The normalized spacial score (nSPS) is 13.2. The monoisotopic (exact) mass is 285 g/mol. The van der Waals surface area contributed by atoms with Crippen LogP contribution in [0.5, 0.6) is 0 Å². The van der Waals surface area contributed by atoms with Crippen LogP contribution in [0.25, 0.3) is 0 Å². The van der Waals surface area contributed by atoms with Crippen LogP contribution in [0.2, 0.25) is 0 Å². The number of hydrogen-bond donors (Lipinski definition) is 1. The Bertz CT molecular complexity index is 671. The summed E-state index contributed by atoms with van der Waals surface area (Å²) >= 11 is 0. The van der Waals surface area contributed by atoms with Gasteiger partial charge in [0, 0.05) is 31.3 Å². The highest BCUT2D eigenvalue weighted by atomic mass is 16.2. The Labute approximate surface area is 123 Å². The van der Waals surface area contributed by atoms with E-state index in [4.69, 9.17) is 5.73 Å². The van der Waals surface area contributed by atoms with Crippen LogP contribution in [-0.2, 0) is 19.5 Å². The van der Waals surface area contributed by atoms with Gasteiger partial charge in [0.2, 0.25) is 0 Å². The molecule has 2 aromatic rings. The second-order valence-electron chi connectivity index (χ2n) is 5.58. The summed E-state index contributed by atoms with van der Waals surface area (Å²) in [4.78, 5) is 14.1. The molecule has 1 aliphatic heterocycles. The molecule has 0 radical (unpaired) electrons. The number of amides is 1. The maximum Gasteiger partial charge on any atom is 0.254 e. The van der Waals surface area contributed by atoms with Crippen molar-refractivity contribution in [2.24, 2.45) is 0 Å². The summed E-state index contributed by atoms with van der Waals surface area (Å²) in [6.07, 6.45) is 2.07. The maximum absolute atomic E-state index is 12.5. The Morgan fingerprint density at radius 1 is 1.38 bits per heavy atom. The smallest absolute Gasteiger partial charge is 0.254 e. The lowest BCUT2D eigenvalue weighted by Gasteiger charge is -2.17. The first-order valence-electron chi connectivity index (χ1n) is 7.08. The van der Waals surface area contributed by atoms with E-state index in [0.717, 1.165) is 36.6 Å². The Hall–Kier alpha value is -2.37. The number of hydrogen-bond acceptors (Lipinski definition) is 4. The molecule has 1 amide bonds. The van der Waals surface area contributed by atoms with Gasteiger partial charge in [-0.3, -0.25) is 4.79 Å². The van der Waals surface area contributed by atoms with Crippen LogP contribution >= 0.6 is 0 Å². The number of rotatable bonds is 3. The third kappa shape index (κ3) is 2.61. The Kier molecular flexibility index (Phi) is 3.37. The average Bonchev–Trinajstić information content (AvgIpc) is 3.01. The second kappa shape index (κ2) is 5.20. The van der Waals surface area contributed by atoms with Gasteiger partial charge in [-0.05, 0) is 37.1 Å². The zero-order valence-corrected chi connectivity index (χ0v) is 12.3. The minimum atomic E-state index is -0.0549. The van der Waals surface area contributed by atoms with Crippen LogP contribution in [-0.4, -0.2) is 32.6 Å². The number of carbonyl (C=O) groups excluding carboxylic acids is 1.